The third kappa shape index (κ3) is 2.95. The highest BCUT2D eigenvalue weighted by Gasteiger charge is 2.16. The van der Waals surface area contributed by atoms with E-state index in [1.165, 1.54) is 6.07 Å². The lowest BCUT2D eigenvalue weighted by atomic mass is 10.1. The number of benzene rings is 2. The van der Waals surface area contributed by atoms with Gasteiger partial charge in [-0.25, -0.2) is 13.2 Å². The molecule has 1 amide bonds. The fraction of sp³-hybridized carbons (Fsp3) is 0. The molecular formula is C14H8F3N3O. The number of carbonyl (C=O) groups excluding carboxylic acids is 1. The summed E-state index contributed by atoms with van der Waals surface area (Å²) in [6.07, 6.45) is 0. The molecule has 3 N–H and O–H groups in total. The highest BCUT2D eigenvalue weighted by Crippen LogP contribution is 2.20. The van der Waals surface area contributed by atoms with E-state index in [9.17, 15) is 18.0 Å². The van der Waals surface area contributed by atoms with Crippen molar-refractivity contribution in [1.82, 2.24) is 0 Å². The third-order valence-corrected chi connectivity index (χ3v) is 2.65. The zero-order valence-electron chi connectivity index (χ0n) is 10.5. The lowest BCUT2D eigenvalue weighted by Crippen LogP contribution is -2.15. The summed E-state index contributed by atoms with van der Waals surface area (Å²) < 4.78 is 40.0. The SMILES string of the molecule is N#Cc1cc(NC(=O)c2cc(F)cc(N)c2F)ccc1F. The van der Waals surface area contributed by atoms with Gasteiger partial charge < -0.3 is 11.1 Å². The van der Waals surface area contributed by atoms with Crippen molar-refractivity contribution >= 4 is 17.3 Å². The average molecular weight is 291 g/mol. The predicted octanol–water partition coefficient (Wildman–Crippen LogP) is 2.81. The fourth-order valence-corrected chi connectivity index (χ4v) is 1.66. The Morgan fingerprint density at radius 1 is 1.19 bits per heavy atom. The largest absolute Gasteiger partial charge is 0.396 e. The van der Waals surface area contributed by atoms with Crippen LogP contribution in [0.3, 0.4) is 0 Å². The van der Waals surface area contributed by atoms with E-state index < -0.39 is 34.6 Å². The maximum absolute atomic E-state index is 13.7. The van der Waals surface area contributed by atoms with Gasteiger partial charge in [-0.3, -0.25) is 4.79 Å². The van der Waals surface area contributed by atoms with Gasteiger partial charge in [0.15, 0.2) is 5.82 Å². The van der Waals surface area contributed by atoms with Crippen molar-refractivity contribution in [3.05, 3.63) is 58.9 Å². The van der Waals surface area contributed by atoms with Gasteiger partial charge in [-0.2, -0.15) is 5.26 Å². The van der Waals surface area contributed by atoms with Gasteiger partial charge >= 0.3 is 0 Å². The van der Waals surface area contributed by atoms with E-state index >= 15 is 0 Å². The number of hydrogen-bond acceptors (Lipinski definition) is 3. The molecule has 2 aromatic rings. The number of nitrogens with one attached hydrogen (secondary N) is 1. The van der Waals surface area contributed by atoms with Crippen LogP contribution in [0.15, 0.2) is 30.3 Å². The number of halogens is 3. The zero-order chi connectivity index (χ0) is 15.6. The van der Waals surface area contributed by atoms with Gasteiger partial charge in [-0.15, -0.1) is 0 Å². The fourth-order valence-electron chi connectivity index (χ4n) is 1.66. The van der Waals surface area contributed by atoms with Gasteiger partial charge in [-0.1, -0.05) is 0 Å². The molecule has 0 saturated carbocycles. The second-order valence-electron chi connectivity index (χ2n) is 4.12. The van der Waals surface area contributed by atoms with E-state index in [1.54, 1.807) is 6.07 Å². The Hall–Kier alpha value is -3.01. The molecule has 21 heavy (non-hydrogen) atoms. The van der Waals surface area contributed by atoms with Crippen LogP contribution < -0.4 is 11.1 Å². The molecule has 0 heterocycles. The standard InChI is InChI=1S/C14H8F3N3O/c15-8-4-10(13(17)12(19)5-8)14(21)20-9-1-2-11(16)7(3-9)6-18/h1-5H,19H2,(H,20,21). The minimum absolute atomic E-state index is 0.0696. The molecule has 2 aromatic carbocycles. The van der Waals surface area contributed by atoms with E-state index in [0.29, 0.717) is 6.07 Å². The van der Waals surface area contributed by atoms with E-state index in [4.69, 9.17) is 11.0 Å². The Bertz CT molecular complexity index is 769. The number of rotatable bonds is 2. The summed E-state index contributed by atoms with van der Waals surface area (Å²) >= 11 is 0. The van der Waals surface area contributed by atoms with Crippen LogP contribution >= 0.6 is 0 Å². The summed E-state index contributed by atoms with van der Waals surface area (Å²) in [6.45, 7) is 0. The minimum atomic E-state index is -1.06. The monoisotopic (exact) mass is 291 g/mol. The van der Waals surface area contributed by atoms with Gasteiger partial charge in [0.1, 0.15) is 17.7 Å². The molecule has 0 fully saturated rings. The molecule has 0 atom stereocenters. The Kier molecular flexibility index (Phi) is 3.80. The molecule has 0 unspecified atom stereocenters. The lowest BCUT2D eigenvalue weighted by Gasteiger charge is -2.08. The second-order valence-corrected chi connectivity index (χ2v) is 4.12. The van der Waals surface area contributed by atoms with Gasteiger partial charge in [0.05, 0.1) is 16.8 Å². The summed E-state index contributed by atoms with van der Waals surface area (Å²) in [6, 6.07) is 6.28. The Morgan fingerprint density at radius 3 is 2.57 bits per heavy atom. The number of hydrogen-bond donors (Lipinski definition) is 2. The van der Waals surface area contributed by atoms with Crippen LogP contribution in [0.2, 0.25) is 0 Å². The quantitative estimate of drug-likeness (QED) is 0.835. The molecule has 0 radical (unpaired) electrons. The molecule has 0 aliphatic carbocycles. The minimum Gasteiger partial charge on any atom is -0.396 e. The molecule has 106 valence electrons. The van der Waals surface area contributed by atoms with Crippen LogP contribution in [-0.4, -0.2) is 5.91 Å². The molecule has 0 aromatic heterocycles. The topological polar surface area (TPSA) is 78.9 Å². The van der Waals surface area contributed by atoms with Gasteiger partial charge in [0.25, 0.3) is 5.91 Å². The van der Waals surface area contributed by atoms with Gasteiger partial charge in [0, 0.05) is 5.69 Å². The van der Waals surface area contributed by atoms with Crippen molar-refractivity contribution in [3.8, 4) is 6.07 Å². The van der Waals surface area contributed by atoms with E-state index in [0.717, 1.165) is 18.2 Å². The molecule has 2 rings (SSSR count). The summed E-state index contributed by atoms with van der Waals surface area (Å²) in [5.74, 6) is -3.64. The Morgan fingerprint density at radius 2 is 1.90 bits per heavy atom. The lowest BCUT2D eigenvalue weighted by molar-refractivity contribution is 0.102. The zero-order valence-corrected chi connectivity index (χ0v) is 10.5. The summed E-state index contributed by atoms with van der Waals surface area (Å²) in [7, 11) is 0. The van der Waals surface area contributed by atoms with Crippen molar-refractivity contribution in [2.45, 2.75) is 0 Å². The number of nitrogen functional groups attached to an aromatic ring is 1. The first-order valence-electron chi connectivity index (χ1n) is 5.68. The third-order valence-electron chi connectivity index (χ3n) is 2.65. The van der Waals surface area contributed by atoms with Crippen molar-refractivity contribution in [1.29, 1.82) is 5.26 Å². The van der Waals surface area contributed by atoms with Crippen LogP contribution in [-0.2, 0) is 0 Å². The van der Waals surface area contributed by atoms with Crippen LogP contribution in [0.5, 0.6) is 0 Å². The van der Waals surface area contributed by atoms with Crippen LogP contribution in [0.25, 0.3) is 0 Å². The van der Waals surface area contributed by atoms with Gasteiger partial charge in [0.2, 0.25) is 0 Å². The number of nitrogens with two attached hydrogens (primary N) is 1. The van der Waals surface area contributed by atoms with Crippen molar-refractivity contribution in [2.24, 2.45) is 0 Å². The number of amides is 1. The maximum Gasteiger partial charge on any atom is 0.258 e. The first-order chi connectivity index (χ1) is 9.92. The molecule has 0 bridgehead atoms. The highest BCUT2D eigenvalue weighted by atomic mass is 19.1. The smallest absolute Gasteiger partial charge is 0.258 e. The van der Waals surface area contributed by atoms with Crippen LogP contribution in [0.1, 0.15) is 15.9 Å². The van der Waals surface area contributed by atoms with Crippen molar-refractivity contribution in [3.63, 3.8) is 0 Å². The van der Waals surface area contributed by atoms with Gasteiger partial charge in [-0.05, 0) is 30.3 Å². The average Bonchev–Trinajstić information content (AvgIpc) is 2.44. The Balaban J connectivity index is 2.33. The number of carbonyl (C=O) groups is 1. The van der Waals surface area contributed by atoms with E-state index in [2.05, 4.69) is 5.32 Å². The van der Waals surface area contributed by atoms with Crippen molar-refractivity contribution in [2.75, 3.05) is 11.1 Å². The van der Waals surface area contributed by atoms with Crippen molar-refractivity contribution < 1.29 is 18.0 Å². The summed E-state index contributed by atoms with van der Waals surface area (Å²) in [4.78, 5) is 11.9. The van der Waals surface area contributed by atoms with Crippen LogP contribution in [0, 0.1) is 28.8 Å². The summed E-state index contributed by atoms with van der Waals surface area (Å²) in [5, 5.41) is 10.9. The first-order valence-corrected chi connectivity index (χ1v) is 5.68. The molecular weight excluding hydrogens is 283 g/mol. The molecule has 4 nitrogen and oxygen atoms in total. The number of nitrogens with zero attached hydrogens (tertiary/aromatic N) is 1. The first kappa shape index (κ1) is 14.4. The Labute approximate surface area is 117 Å². The second kappa shape index (κ2) is 5.54. The molecule has 0 aliphatic heterocycles. The normalized spacial score (nSPS) is 10.0. The predicted molar refractivity (Wildman–Crippen MR) is 69.8 cm³/mol. The molecule has 0 spiro atoms. The summed E-state index contributed by atoms with van der Waals surface area (Å²) in [5.41, 5.74) is 3.92. The maximum atomic E-state index is 13.7. The number of nitriles is 1. The van der Waals surface area contributed by atoms with Crippen LogP contribution in [0.4, 0.5) is 24.5 Å². The number of anilines is 2. The highest BCUT2D eigenvalue weighted by molar-refractivity contribution is 6.05. The molecule has 7 heteroatoms. The van der Waals surface area contributed by atoms with E-state index in [-0.39, 0.29) is 11.3 Å². The molecule has 0 aliphatic rings. The molecule has 0 saturated heterocycles. The van der Waals surface area contributed by atoms with E-state index in [1.807, 2.05) is 0 Å².